The Morgan fingerprint density at radius 2 is 2.06 bits per heavy atom. The van der Waals surface area contributed by atoms with Gasteiger partial charge >= 0.3 is 5.97 Å². The van der Waals surface area contributed by atoms with Crippen molar-refractivity contribution in [2.45, 2.75) is 25.7 Å². The summed E-state index contributed by atoms with van der Waals surface area (Å²) in [5.74, 6) is 0.0653. The van der Waals surface area contributed by atoms with Crippen LogP contribution < -0.4 is 4.74 Å². The Bertz CT molecular complexity index is 336. The SMILES string of the molecule is O=C(O)CCCCCOc1cccc(O)c1. The third-order valence-corrected chi connectivity index (χ3v) is 2.12. The van der Waals surface area contributed by atoms with Crippen molar-refractivity contribution in [1.82, 2.24) is 0 Å². The molecule has 0 fully saturated rings. The first-order valence-electron chi connectivity index (χ1n) is 5.32. The van der Waals surface area contributed by atoms with Crippen LogP contribution >= 0.6 is 0 Å². The maximum absolute atomic E-state index is 10.2. The Kier molecular flexibility index (Phi) is 5.19. The minimum absolute atomic E-state index is 0.184. The number of hydrogen-bond acceptors (Lipinski definition) is 3. The molecule has 4 nitrogen and oxygen atoms in total. The topological polar surface area (TPSA) is 66.8 Å². The zero-order chi connectivity index (χ0) is 11.8. The molecule has 1 aromatic carbocycles. The van der Waals surface area contributed by atoms with E-state index in [9.17, 15) is 4.79 Å². The maximum atomic E-state index is 10.2. The Morgan fingerprint density at radius 3 is 2.75 bits per heavy atom. The van der Waals surface area contributed by atoms with Crippen molar-refractivity contribution in [2.24, 2.45) is 0 Å². The molecule has 0 aromatic heterocycles. The molecular weight excluding hydrogens is 208 g/mol. The van der Waals surface area contributed by atoms with E-state index in [-0.39, 0.29) is 12.2 Å². The molecule has 16 heavy (non-hydrogen) atoms. The molecular formula is C12H16O4. The second-order valence-corrected chi connectivity index (χ2v) is 3.55. The van der Waals surface area contributed by atoms with E-state index in [1.54, 1.807) is 24.3 Å². The number of aliphatic carboxylic acids is 1. The number of benzene rings is 1. The van der Waals surface area contributed by atoms with Crippen molar-refractivity contribution in [3.8, 4) is 11.5 Å². The van der Waals surface area contributed by atoms with E-state index in [2.05, 4.69) is 0 Å². The molecule has 0 unspecified atom stereocenters. The van der Waals surface area contributed by atoms with Gasteiger partial charge in [-0.15, -0.1) is 0 Å². The molecule has 0 saturated heterocycles. The average Bonchev–Trinajstić information content (AvgIpc) is 2.23. The van der Waals surface area contributed by atoms with Gasteiger partial charge in [0.1, 0.15) is 11.5 Å². The number of carboxylic acids is 1. The smallest absolute Gasteiger partial charge is 0.303 e. The van der Waals surface area contributed by atoms with Gasteiger partial charge in [-0.05, 0) is 31.4 Å². The standard InChI is InChI=1S/C12H16O4/c13-10-5-4-6-11(9-10)16-8-3-1-2-7-12(14)15/h4-6,9,13H,1-3,7-8H2,(H,14,15). The lowest BCUT2D eigenvalue weighted by Gasteiger charge is -2.05. The molecule has 2 N–H and O–H groups in total. The number of phenolic OH excluding ortho intramolecular Hbond substituents is 1. The van der Waals surface area contributed by atoms with Crippen LogP contribution in [0.4, 0.5) is 0 Å². The predicted octanol–water partition coefficient (Wildman–Crippen LogP) is 2.42. The second-order valence-electron chi connectivity index (χ2n) is 3.55. The van der Waals surface area contributed by atoms with E-state index in [4.69, 9.17) is 14.9 Å². The fraction of sp³-hybridized carbons (Fsp3) is 0.417. The Labute approximate surface area is 94.5 Å². The highest BCUT2D eigenvalue weighted by atomic mass is 16.5. The molecule has 88 valence electrons. The summed E-state index contributed by atoms with van der Waals surface area (Å²) < 4.78 is 5.39. The second kappa shape index (κ2) is 6.71. The molecule has 0 radical (unpaired) electrons. The summed E-state index contributed by atoms with van der Waals surface area (Å²) in [6.07, 6.45) is 2.55. The minimum Gasteiger partial charge on any atom is -0.508 e. The van der Waals surface area contributed by atoms with Crippen LogP contribution in [0.5, 0.6) is 11.5 Å². The van der Waals surface area contributed by atoms with E-state index in [0.29, 0.717) is 18.8 Å². The van der Waals surface area contributed by atoms with Gasteiger partial charge in [0, 0.05) is 12.5 Å². The quantitative estimate of drug-likeness (QED) is 0.698. The predicted molar refractivity (Wildman–Crippen MR) is 59.7 cm³/mol. The van der Waals surface area contributed by atoms with Crippen molar-refractivity contribution < 1.29 is 19.7 Å². The van der Waals surface area contributed by atoms with Gasteiger partial charge in [0.2, 0.25) is 0 Å². The van der Waals surface area contributed by atoms with E-state index >= 15 is 0 Å². The van der Waals surface area contributed by atoms with E-state index in [1.807, 2.05) is 0 Å². The Morgan fingerprint density at radius 1 is 1.25 bits per heavy atom. The average molecular weight is 224 g/mol. The number of hydrogen-bond donors (Lipinski definition) is 2. The first-order valence-corrected chi connectivity index (χ1v) is 5.32. The van der Waals surface area contributed by atoms with Gasteiger partial charge in [0.25, 0.3) is 0 Å². The van der Waals surface area contributed by atoms with Gasteiger partial charge in [-0.25, -0.2) is 0 Å². The summed E-state index contributed by atoms with van der Waals surface area (Å²) >= 11 is 0. The summed E-state index contributed by atoms with van der Waals surface area (Å²) in [6, 6.07) is 6.63. The number of rotatable bonds is 7. The summed E-state index contributed by atoms with van der Waals surface area (Å²) in [5.41, 5.74) is 0. The molecule has 0 saturated carbocycles. The number of aromatic hydroxyl groups is 1. The molecule has 0 amide bonds. The highest BCUT2D eigenvalue weighted by Gasteiger charge is 1.98. The van der Waals surface area contributed by atoms with Crippen molar-refractivity contribution in [3.05, 3.63) is 24.3 Å². The molecule has 0 aliphatic rings. The van der Waals surface area contributed by atoms with Gasteiger partial charge in [-0.3, -0.25) is 4.79 Å². The molecule has 1 aromatic rings. The molecule has 0 aliphatic carbocycles. The van der Waals surface area contributed by atoms with Gasteiger partial charge in [-0.2, -0.15) is 0 Å². The lowest BCUT2D eigenvalue weighted by molar-refractivity contribution is -0.137. The van der Waals surface area contributed by atoms with Gasteiger partial charge < -0.3 is 14.9 Å². The van der Waals surface area contributed by atoms with Crippen LogP contribution in [0.25, 0.3) is 0 Å². The van der Waals surface area contributed by atoms with Crippen molar-refractivity contribution in [2.75, 3.05) is 6.61 Å². The molecule has 1 rings (SSSR count). The van der Waals surface area contributed by atoms with E-state index in [1.165, 1.54) is 0 Å². The summed E-state index contributed by atoms with van der Waals surface area (Å²) in [4.78, 5) is 10.2. The third kappa shape index (κ3) is 5.24. The molecule has 0 aliphatic heterocycles. The van der Waals surface area contributed by atoms with Crippen LogP contribution in [0.1, 0.15) is 25.7 Å². The normalized spacial score (nSPS) is 10.0. The van der Waals surface area contributed by atoms with Gasteiger partial charge in [0.15, 0.2) is 0 Å². The van der Waals surface area contributed by atoms with Crippen LogP contribution in [0.15, 0.2) is 24.3 Å². The fourth-order valence-electron chi connectivity index (χ4n) is 1.32. The van der Waals surface area contributed by atoms with Gasteiger partial charge in [0.05, 0.1) is 6.61 Å². The first-order chi connectivity index (χ1) is 7.68. The summed E-state index contributed by atoms with van der Waals surface area (Å²) in [6.45, 7) is 0.545. The number of carbonyl (C=O) groups is 1. The number of ether oxygens (including phenoxy) is 1. The zero-order valence-corrected chi connectivity index (χ0v) is 9.06. The fourth-order valence-corrected chi connectivity index (χ4v) is 1.32. The lowest BCUT2D eigenvalue weighted by Crippen LogP contribution is -1.98. The Balaban J connectivity index is 2.09. The number of unbranched alkanes of at least 4 members (excludes halogenated alkanes) is 2. The zero-order valence-electron chi connectivity index (χ0n) is 9.06. The largest absolute Gasteiger partial charge is 0.508 e. The van der Waals surface area contributed by atoms with E-state index in [0.717, 1.165) is 12.8 Å². The summed E-state index contributed by atoms with van der Waals surface area (Å²) in [5, 5.41) is 17.6. The monoisotopic (exact) mass is 224 g/mol. The first kappa shape index (κ1) is 12.4. The molecule has 0 bridgehead atoms. The molecule has 0 spiro atoms. The van der Waals surface area contributed by atoms with Crippen molar-refractivity contribution in [1.29, 1.82) is 0 Å². The van der Waals surface area contributed by atoms with E-state index < -0.39 is 5.97 Å². The minimum atomic E-state index is -0.756. The highest BCUT2D eigenvalue weighted by molar-refractivity contribution is 5.66. The Hall–Kier alpha value is -1.71. The maximum Gasteiger partial charge on any atom is 0.303 e. The third-order valence-electron chi connectivity index (χ3n) is 2.12. The summed E-state index contributed by atoms with van der Waals surface area (Å²) in [7, 11) is 0. The highest BCUT2D eigenvalue weighted by Crippen LogP contribution is 2.17. The van der Waals surface area contributed by atoms with Crippen LogP contribution in [0.2, 0.25) is 0 Å². The molecule has 0 atom stereocenters. The van der Waals surface area contributed by atoms with Crippen LogP contribution in [-0.4, -0.2) is 22.8 Å². The van der Waals surface area contributed by atoms with Crippen LogP contribution in [0, 0.1) is 0 Å². The van der Waals surface area contributed by atoms with Crippen molar-refractivity contribution >= 4 is 5.97 Å². The number of carboxylic acid groups (broad SMARTS) is 1. The molecule has 0 heterocycles. The van der Waals surface area contributed by atoms with Crippen LogP contribution in [-0.2, 0) is 4.79 Å². The van der Waals surface area contributed by atoms with Crippen LogP contribution in [0.3, 0.4) is 0 Å². The number of phenols is 1. The van der Waals surface area contributed by atoms with Crippen molar-refractivity contribution in [3.63, 3.8) is 0 Å². The lowest BCUT2D eigenvalue weighted by atomic mass is 10.2. The van der Waals surface area contributed by atoms with Gasteiger partial charge in [-0.1, -0.05) is 6.07 Å². The molecule has 4 heteroatoms.